The van der Waals surface area contributed by atoms with Crippen molar-refractivity contribution in [1.82, 2.24) is 24.5 Å². The highest BCUT2D eigenvalue weighted by atomic mass is 19.4. The molecule has 1 aliphatic heterocycles. The third-order valence-electron chi connectivity index (χ3n) is 6.40. The van der Waals surface area contributed by atoms with Crippen LogP contribution in [0.25, 0.3) is 16.8 Å². The molecular formula is C25H23F3N6O2. The summed E-state index contributed by atoms with van der Waals surface area (Å²) in [4.78, 5) is 23.1. The number of carbonyl (C=O) groups excluding carboxylic acids is 1. The number of aromatic nitrogens is 4. The minimum Gasteiger partial charge on any atom is -0.480 e. The van der Waals surface area contributed by atoms with Gasteiger partial charge >= 0.3 is 6.18 Å². The van der Waals surface area contributed by atoms with Gasteiger partial charge in [0, 0.05) is 24.8 Å². The molecule has 0 bridgehead atoms. The Labute approximate surface area is 204 Å². The second-order valence-corrected chi connectivity index (χ2v) is 8.72. The number of nitrogen functional groups attached to an aromatic ring is 1. The van der Waals surface area contributed by atoms with Crippen molar-refractivity contribution >= 4 is 17.2 Å². The zero-order valence-corrected chi connectivity index (χ0v) is 19.4. The summed E-state index contributed by atoms with van der Waals surface area (Å²) in [5, 5.41) is 3.97. The van der Waals surface area contributed by atoms with Crippen molar-refractivity contribution in [3.05, 3.63) is 71.7 Å². The minimum atomic E-state index is -4.68. The highest BCUT2D eigenvalue weighted by molar-refractivity contribution is 5.97. The number of alkyl halides is 3. The van der Waals surface area contributed by atoms with E-state index in [9.17, 15) is 18.0 Å². The summed E-state index contributed by atoms with van der Waals surface area (Å²) in [5.41, 5.74) is 6.15. The molecule has 11 heteroatoms. The van der Waals surface area contributed by atoms with E-state index >= 15 is 0 Å². The number of hydrogen-bond donors (Lipinski definition) is 1. The van der Waals surface area contributed by atoms with Gasteiger partial charge < -0.3 is 15.4 Å². The number of ether oxygens (including phenoxy) is 1. The van der Waals surface area contributed by atoms with Crippen LogP contribution in [0.5, 0.6) is 5.88 Å². The largest absolute Gasteiger partial charge is 0.480 e. The fraction of sp³-hybridized carbons (Fsp3) is 0.280. The van der Waals surface area contributed by atoms with Gasteiger partial charge in [0.15, 0.2) is 5.82 Å². The topological polar surface area (TPSA) is 98.6 Å². The van der Waals surface area contributed by atoms with Crippen LogP contribution in [0.1, 0.15) is 27.9 Å². The van der Waals surface area contributed by atoms with E-state index in [4.69, 9.17) is 10.5 Å². The second-order valence-electron chi connectivity index (χ2n) is 8.72. The van der Waals surface area contributed by atoms with E-state index < -0.39 is 11.7 Å². The number of rotatable bonds is 5. The van der Waals surface area contributed by atoms with E-state index in [1.807, 2.05) is 18.2 Å². The molecule has 1 atom stereocenters. The Hall–Kier alpha value is -4.15. The van der Waals surface area contributed by atoms with Gasteiger partial charge in [-0.05, 0) is 36.5 Å². The zero-order valence-electron chi connectivity index (χ0n) is 19.4. The van der Waals surface area contributed by atoms with Crippen LogP contribution in [0.4, 0.5) is 19.0 Å². The number of benzene rings is 1. The monoisotopic (exact) mass is 496 g/mol. The Morgan fingerprint density at radius 2 is 1.97 bits per heavy atom. The smallest absolute Gasteiger partial charge is 0.418 e. The van der Waals surface area contributed by atoms with Gasteiger partial charge in [0.05, 0.1) is 18.4 Å². The fourth-order valence-corrected chi connectivity index (χ4v) is 4.70. The molecule has 0 radical (unpaired) electrons. The Balaban J connectivity index is 1.48. The van der Waals surface area contributed by atoms with Crippen LogP contribution in [-0.2, 0) is 12.6 Å². The molecular weight excluding hydrogens is 473 g/mol. The predicted octanol–water partition coefficient (Wildman–Crippen LogP) is 4.11. The second kappa shape index (κ2) is 9.14. The van der Waals surface area contributed by atoms with Gasteiger partial charge in [-0.2, -0.15) is 18.3 Å². The molecule has 5 rings (SSSR count). The lowest BCUT2D eigenvalue weighted by Gasteiger charge is -2.18. The van der Waals surface area contributed by atoms with Gasteiger partial charge in [0.2, 0.25) is 5.88 Å². The van der Waals surface area contributed by atoms with E-state index in [1.165, 1.54) is 24.9 Å². The van der Waals surface area contributed by atoms with Gasteiger partial charge in [-0.1, -0.05) is 30.3 Å². The molecule has 1 aromatic carbocycles. The maximum absolute atomic E-state index is 13.7. The number of pyridine rings is 1. The molecule has 1 aliphatic rings. The first kappa shape index (κ1) is 23.6. The van der Waals surface area contributed by atoms with Crippen LogP contribution < -0.4 is 10.5 Å². The molecule has 0 saturated carbocycles. The van der Waals surface area contributed by atoms with E-state index in [0.29, 0.717) is 19.0 Å². The third-order valence-corrected chi connectivity index (χ3v) is 6.40. The first-order valence-corrected chi connectivity index (χ1v) is 11.3. The van der Waals surface area contributed by atoms with Gasteiger partial charge in [0.1, 0.15) is 17.4 Å². The van der Waals surface area contributed by atoms with E-state index in [-0.39, 0.29) is 39.9 Å². The number of amides is 1. The lowest BCUT2D eigenvalue weighted by atomic mass is 9.99. The van der Waals surface area contributed by atoms with E-state index in [2.05, 4.69) is 27.2 Å². The standard InChI is InChI=1S/C25H23F3N6O2/c1-36-23-18(24(35)33-8-7-16(13-33)9-15-5-3-2-4-6-15)10-17(12-30-23)20-11-19(25(26,27)28)21-22(29)31-14-32-34(20)21/h2-6,10-12,14,16H,7-9,13H2,1H3,(H2,29,31,32). The summed E-state index contributed by atoms with van der Waals surface area (Å²) in [6.45, 7) is 1.14. The maximum atomic E-state index is 13.7. The van der Waals surface area contributed by atoms with E-state index in [0.717, 1.165) is 29.8 Å². The number of anilines is 1. The first-order valence-electron chi connectivity index (χ1n) is 11.3. The first-order chi connectivity index (χ1) is 17.3. The van der Waals surface area contributed by atoms with Crippen LogP contribution in [0.2, 0.25) is 0 Å². The Bertz CT molecular complexity index is 1420. The average molecular weight is 496 g/mol. The molecule has 4 heterocycles. The summed E-state index contributed by atoms with van der Waals surface area (Å²) in [6, 6.07) is 12.5. The van der Waals surface area contributed by atoms with Crippen LogP contribution in [0, 0.1) is 5.92 Å². The normalized spacial score (nSPS) is 16.0. The van der Waals surface area contributed by atoms with Crippen molar-refractivity contribution in [2.24, 2.45) is 5.92 Å². The van der Waals surface area contributed by atoms with Crippen LogP contribution >= 0.6 is 0 Å². The average Bonchev–Trinajstić information content (AvgIpc) is 3.50. The Kier molecular flexibility index (Phi) is 5.99. The molecule has 8 nitrogen and oxygen atoms in total. The molecule has 1 unspecified atom stereocenters. The summed E-state index contributed by atoms with van der Waals surface area (Å²) < 4.78 is 47.6. The molecule has 0 spiro atoms. The quantitative estimate of drug-likeness (QED) is 0.447. The molecule has 1 fully saturated rings. The highest BCUT2D eigenvalue weighted by Gasteiger charge is 2.37. The number of halogens is 3. The maximum Gasteiger partial charge on any atom is 0.418 e. The number of methoxy groups -OCH3 is 1. The van der Waals surface area contributed by atoms with Crippen molar-refractivity contribution in [3.8, 4) is 17.1 Å². The fourth-order valence-electron chi connectivity index (χ4n) is 4.70. The van der Waals surface area contributed by atoms with Crippen molar-refractivity contribution in [1.29, 1.82) is 0 Å². The van der Waals surface area contributed by atoms with Crippen molar-refractivity contribution in [2.45, 2.75) is 19.0 Å². The Morgan fingerprint density at radius 1 is 1.19 bits per heavy atom. The number of nitrogens with two attached hydrogens (primary N) is 1. The predicted molar refractivity (Wildman–Crippen MR) is 126 cm³/mol. The number of carbonyl (C=O) groups is 1. The molecule has 1 saturated heterocycles. The SMILES string of the molecule is COc1ncc(-c2cc(C(F)(F)F)c3c(N)ncnn23)cc1C(=O)N1CCC(Cc2ccccc2)C1. The summed E-state index contributed by atoms with van der Waals surface area (Å²) >= 11 is 0. The molecule has 1 amide bonds. The summed E-state index contributed by atoms with van der Waals surface area (Å²) in [7, 11) is 1.39. The molecule has 3 aromatic heterocycles. The van der Waals surface area contributed by atoms with Crippen molar-refractivity contribution in [3.63, 3.8) is 0 Å². The van der Waals surface area contributed by atoms with Crippen molar-refractivity contribution < 1.29 is 22.7 Å². The van der Waals surface area contributed by atoms with Crippen LogP contribution in [0.15, 0.2) is 55.0 Å². The molecule has 4 aromatic rings. The number of likely N-dealkylation sites (tertiary alicyclic amines) is 1. The van der Waals surface area contributed by atoms with Gasteiger partial charge in [-0.25, -0.2) is 14.5 Å². The van der Waals surface area contributed by atoms with Crippen LogP contribution in [0.3, 0.4) is 0 Å². The minimum absolute atomic E-state index is 0.0824. The Morgan fingerprint density at radius 3 is 2.69 bits per heavy atom. The number of fused-ring (bicyclic) bond motifs is 1. The molecule has 186 valence electrons. The lowest BCUT2D eigenvalue weighted by molar-refractivity contribution is -0.136. The zero-order chi connectivity index (χ0) is 25.4. The van der Waals surface area contributed by atoms with E-state index in [1.54, 1.807) is 4.90 Å². The third kappa shape index (κ3) is 4.32. The summed E-state index contributed by atoms with van der Waals surface area (Å²) in [5.74, 6) is -0.186. The number of nitrogens with zero attached hydrogens (tertiary/aromatic N) is 5. The van der Waals surface area contributed by atoms with Crippen molar-refractivity contribution in [2.75, 3.05) is 25.9 Å². The van der Waals surface area contributed by atoms with Crippen LogP contribution in [-0.4, -0.2) is 50.6 Å². The summed E-state index contributed by atoms with van der Waals surface area (Å²) in [6.07, 6.45) is -0.545. The van der Waals surface area contributed by atoms with Gasteiger partial charge in [-0.15, -0.1) is 0 Å². The molecule has 0 aliphatic carbocycles. The molecule has 2 N–H and O–H groups in total. The number of hydrogen-bond acceptors (Lipinski definition) is 6. The highest BCUT2D eigenvalue weighted by Crippen LogP contribution is 2.39. The van der Waals surface area contributed by atoms with Gasteiger partial charge in [-0.3, -0.25) is 4.79 Å². The molecule has 36 heavy (non-hydrogen) atoms. The lowest BCUT2D eigenvalue weighted by Crippen LogP contribution is -2.29. The van der Waals surface area contributed by atoms with Gasteiger partial charge in [0.25, 0.3) is 5.91 Å².